The van der Waals surface area contributed by atoms with Gasteiger partial charge in [0.05, 0.1) is 34.9 Å². The Morgan fingerprint density at radius 3 is 2.83 bits per heavy atom. The van der Waals surface area contributed by atoms with E-state index in [-0.39, 0.29) is 24.0 Å². The fourth-order valence-electron chi connectivity index (χ4n) is 4.89. The van der Waals surface area contributed by atoms with Crippen LogP contribution in [0.4, 0.5) is 15.8 Å². The molecule has 1 fully saturated rings. The predicted molar refractivity (Wildman–Crippen MR) is 136 cm³/mol. The number of ether oxygens (including phenoxy) is 1. The third kappa shape index (κ3) is 4.20. The molecule has 2 aromatic heterocycles. The maximum Gasteiger partial charge on any atom is 0.343 e. The van der Waals surface area contributed by atoms with E-state index in [2.05, 4.69) is 15.2 Å². The maximum atomic E-state index is 15.3. The van der Waals surface area contributed by atoms with Crippen molar-refractivity contribution < 1.29 is 13.9 Å². The van der Waals surface area contributed by atoms with E-state index in [1.54, 1.807) is 24.6 Å². The fraction of sp³-hybridized carbons (Fsp3) is 0.296. The number of carbonyl (C=O) groups excluding carboxylic acids is 1. The van der Waals surface area contributed by atoms with E-state index in [4.69, 9.17) is 4.74 Å². The van der Waals surface area contributed by atoms with Gasteiger partial charge in [-0.25, -0.2) is 9.18 Å². The van der Waals surface area contributed by atoms with Gasteiger partial charge in [0.15, 0.2) is 0 Å². The van der Waals surface area contributed by atoms with Crippen LogP contribution in [0.15, 0.2) is 59.7 Å². The van der Waals surface area contributed by atoms with Gasteiger partial charge in [-0.3, -0.25) is 9.78 Å². The van der Waals surface area contributed by atoms with E-state index in [1.807, 2.05) is 30.3 Å². The monoisotopic (exact) mass is 474 g/mol. The first-order valence-electron chi connectivity index (χ1n) is 11.8. The highest BCUT2D eigenvalue weighted by atomic mass is 19.1. The molecule has 180 valence electrons. The molecule has 1 aliphatic rings. The van der Waals surface area contributed by atoms with Crippen molar-refractivity contribution in [1.82, 2.24) is 9.55 Å². The van der Waals surface area contributed by atoms with Crippen molar-refractivity contribution in [2.75, 3.05) is 29.9 Å². The van der Waals surface area contributed by atoms with Gasteiger partial charge in [-0.05, 0) is 38.0 Å². The van der Waals surface area contributed by atoms with Crippen LogP contribution in [-0.2, 0) is 11.8 Å². The Hall–Kier alpha value is -3.94. The normalized spacial score (nSPS) is 15.6. The number of hydrogen-bond acceptors (Lipinski definition) is 6. The number of rotatable bonds is 6. The second-order valence-electron chi connectivity index (χ2n) is 8.78. The number of carbonyl (C=O) groups is 1. The lowest BCUT2D eigenvalue weighted by Crippen LogP contribution is -2.35. The summed E-state index contributed by atoms with van der Waals surface area (Å²) in [6.45, 7) is 3.24. The highest BCUT2D eigenvalue weighted by molar-refractivity contribution is 6.07. The quantitative estimate of drug-likeness (QED) is 0.328. The Morgan fingerprint density at radius 1 is 1.26 bits per heavy atom. The zero-order valence-corrected chi connectivity index (χ0v) is 19.8. The molecule has 8 heteroatoms. The molecule has 1 atom stereocenters. The number of halogens is 1. The van der Waals surface area contributed by atoms with Gasteiger partial charge in [0.25, 0.3) is 0 Å². The maximum absolute atomic E-state index is 15.3. The molecule has 1 saturated heterocycles. The Labute approximate surface area is 202 Å². The van der Waals surface area contributed by atoms with Crippen LogP contribution in [0.1, 0.15) is 30.1 Å². The molecule has 0 radical (unpaired) electrons. The number of fused-ring (bicyclic) bond motifs is 3. The number of benzene rings is 2. The summed E-state index contributed by atoms with van der Waals surface area (Å²) >= 11 is 0. The van der Waals surface area contributed by atoms with E-state index in [1.165, 1.54) is 18.5 Å². The Kier molecular flexibility index (Phi) is 6.11. The van der Waals surface area contributed by atoms with Crippen molar-refractivity contribution in [3.63, 3.8) is 0 Å². The van der Waals surface area contributed by atoms with Crippen LogP contribution in [0.25, 0.3) is 21.8 Å². The van der Waals surface area contributed by atoms with Gasteiger partial charge >= 0.3 is 5.97 Å². The van der Waals surface area contributed by atoms with Gasteiger partial charge in [-0.2, -0.15) is 0 Å². The minimum absolute atomic E-state index is 0.0497. The summed E-state index contributed by atoms with van der Waals surface area (Å²) in [5.41, 5.74) is 1.90. The highest BCUT2D eigenvalue weighted by Crippen LogP contribution is 2.33. The zero-order valence-electron chi connectivity index (χ0n) is 19.8. The Balaban J connectivity index is 1.60. The number of para-hydroxylation sites is 1. The number of aryl methyl sites for hydroxylation is 1. The van der Waals surface area contributed by atoms with Crippen molar-refractivity contribution in [1.29, 1.82) is 0 Å². The van der Waals surface area contributed by atoms with E-state index >= 15 is 4.39 Å². The highest BCUT2D eigenvalue weighted by Gasteiger charge is 2.28. The molecule has 7 nitrogen and oxygen atoms in total. The molecule has 1 unspecified atom stereocenters. The average molecular weight is 475 g/mol. The number of anilines is 2. The van der Waals surface area contributed by atoms with Gasteiger partial charge in [-0.15, -0.1) is 0 Å². The molecule has 35 heavy (non-hydrogen) atoms. The van der Waals surface area contributed by atoms with Crippen LogP contribution >= 0.6 is 0 Å². The second kappa shape index (κ2) is 9.37. The number of esters is 1. The van der Waals surface area contributed by atoms with Gasteiger partial charge < -0.3 is 19.5 Å². The summed E-state index contributed by atoms with van der Waals surface area (Å²) in [5.74, 6) is -1.05. The first kappa shape index (κ1) is 22.8. The van der Waals surface area contributed by atoms with Crippen LogP contribution in [-0.4, -0.2) is 41.3 Å². The van der Waals surface area contributed by atoms with Gasteiger partial charge in [0, 0.05) is 49.5 Å². The van der Waals surface area contributed by atoms with Gasteiger partial charge in [0.2, 0.25) is 5.43 Å². The third-order valence-corrected chi connectivity index (χ3v) is 6.59. The van der Waals surface area contributed by atoms with Crippen molar-refractivity contribution in [2.24, 2.45) is 7.05 Å². The molecule has 5 rings (SSSR count). The number of hydrogen-bond donors (Lipinski definition) is 1. The smallest absolute Gasteiger partial charge is 0.343 e. The van der Waals surface area contributed by atoms with Crippen molar-refractivity contribution in [3.05, 3.63) is 76.5 Å². The van der Waals surface area contributed by atoms with Crippen LogP contribution < -0.4 is 15.6 Å². The first-order chi connectivity index (χ1) is 17.0. The topological polar surface area (TPSA) is 76.5 Å². The molecule has 1 aliphatic heterocycles. The largest absolute Gasteiger partial charge is 0.462 e. The third-order valence-electron chi connectivity index (χ3n) is 6.59. The molecule has 0 aliphatic carbocycles. The lowest BCUT2D eigenvalue weighted by atomic mass is 10.1. The minimum Gasteiger partial charge on any atom is -0.462 e. The molecular weight excluding hydrogens is 447 g/mol. The lowest BCUT2D eigenvalue weighted by Gasteiger charge is -2.28. The summed E-state index contributed by atoms with van der Waals surface area (Å²) in [6, 6.07) is 13.1. The van der Waals surface area contributed by atoms with Gasteiger partial charge in [-0.1, -0.05) is 18.2 Å². The van der Waals surface area contributed by atoms with Crippen LogP contribution in [0.3, 0.4) is 0 Å². The van der Waals surface area contributed by atoms with E-state index in [9.17, 15) is 9.59 Å². The summed E-state index contributed by atoms with van der Waals surface area (Å²) in [7, 11) is 1.74. The molecular formula is C27H27FN4O3. The van der Waals surface area contributed by atoms with Crippen LogP contribution in [0.2, 0.25) is 0 Å². The molecule has 3 heterocycles. The first-order valence-corrected chi connectivity index (χ1v) is 11.8. The summed E-state index contributed by atoms with van der Waals surface area (Å²) in [6.07, 6.45) is 4.88. The molecule has 0 bridgehead atoms. The van der Waals surface area contributed by atoms with Crippen LogP contribution in [0, 0.1) is 5.82 Å². The summed E-state index contributed by atoms with van der Waals surface area (Å²) < 4.78 is 22.1. The Bertz CT molecular complexity index is 1470. The standard InChI is InChI=1S/C27H27FN4O3/c1-3-35-27(34)20-16-31(2)24-15-30-22-13-21(28)23(12-19(22)25(24)26(20)33)32-11-7-10-18(32)14-29-17-8-5-4-6-9-17/h4-6,8-9,12-13,15-16,18,29H,3,7,10-11,14H2,1-2H3. The van der Waals surface area contributed by atoms with Crippen molar-refractivity contribution in [3.8, 4) is 0 Å². The number of aromatic nitrogens is 2. The molecule has 4 aromatic rings. The fourth-order valence-corrected chi connectivity index (χ4v) is 4.89. The van der Waals surface area contributed by atoms with E-state index < -0.39 is 11.4 Å². The molecule has 0 saturated carbocycles. The SMILES string of the molecule is CCOC(=O)c1cn(C)c2cnc3cc(F)c(N4CCCC4CNc4ccccc4)cc3c2c1=O. The zero-order chi connectivity index (χ0) is 24.5. The summed E-state index contributed by atoms with van der Waals surface area (Å²) in [4.78, 5) is 32.3. The van der Waals surface area contributed by atoms with Gasteiger partial charge in [0.1, 0.15) is 11.4 Å². The number of nitrogens with zero attached hydrogens (tertiary/aromatic N) is 3. The minimum atomic E-state index is -0.672. The van der Waals surface area contributed by atoms with E-state index in [0.29, 0.717) is 40.6 Å². The molecule has 0 spiro atoms. The summed E-state index contributed by atoms with van der Waals surface area (Å²) in [5, 5.41) is 4.30. The molecule has 2 aromatic carbocycles. The van der Waals surface area contributed by atoms with E-state index in [0.717, 1.165) is 18.5 Å². The van der Waals surface area contributed by atoms with Crippen molar-refractivity contribution in [2.45, 2.75) is 25.8 Å². The molecule has 1 N–H and O–H groups in total. The lowest BCUT2D eigenvalue weighted by molar-refractivity contribution is 0.0524. The molecule has 0 amide bonds. The number of nitrogens with one attached hydrogen (secondary N) is 1. The van der Waals surface area contributed by atoms with Crippen molar-refractivity contribution >= 4 is 39.1 Å². The second-order valence-corrected chi connectivity index (χ2v) is 8.78. The van der Waals surface area contributed by atoms with Crippen LogP contribution in [0.5, 0.6) is 0 Å². The number of pyridine rings is 2. The average Bonchev–Trinajstić information content (AvgIpc) is 3.33. The predicted octanol–water partition coefficient (Wildman–Crippen LogP) is 4.48. The Morgan fingerprint density at radius 2 is 2.06 bits per heavy atom.